The minimum absolute atomic E-state index is 0.224. The first-order valence-electron chi connectivity index (χ1n) is 8.90. The molecule has 2 heterocycles. The molecule has 1 N–H and O–H groups in total. The summed E-state index contributed by atoms with van der Waals surface area (Å²) in [6.45, 7) is 3.49. The number of aromatic nitrogens is 1. The van der Waals surface area contributed by atoms with Crippen molar-refractivity contribution >= 4 is 5.96 Å². The Hall–Kier alpha value is -2.63. The van der Waals surface area contributed by atoms with Gasteiger partial charge in [-0.2, -0.15) is 0 Å². The molecule has 0 radical (unpaired) electrons. The maximum atomic E-state index is 5.88. The van der Waals surface area contributed by atoms with Crippen LogP contribution in [0.5, 0.6) is 11.5 Å². The van der Waals surface area contributed by atoms with Gasteiger partial charge in [0.15, 0.2) is 5.96 Å². The van der Waals surface area contributed by atoms with E-state index in [4.69, 9.17) is 9.47 Å². The van der Waals surface area contributed by atoms with Gasteiger partial charge in [-0.05, 0) is 31.2 Å². The van der Waals surface area contributed by atoms with Crippen molar-refractivity contribution in [3.8, 4) is 11.5 Å². The summed E-state index contributed by atoms with van der Waals surface area (Å²) in [5.74, 6) is 2.68. The fraction of sp³-hybridized carbons (Fsp3) is 0.450. The van der Waals surface area contributed by atoms with E-state index < -0.39 is 0 Å². The molecule has 1 aromatic carbocycles. The van der Waals surface area contributed by atoms with E-state index in [9.17, 15) is 0 Å². The second-order valence-corrected chi connectivity index (χ2v) is 6.77. The lowest BCUT2D eigenvalue weighted by Crippen LogP contribution is -2.38. The molecule has 3 rings (SSSR count). The first kappa shape index (κ1) is 18.2. The van der Waals surface area contributed by atoms with Crippen molar-refractivity contribution < 1.29 is 9.47 Å². The molecule has 6 nitrogen and oxygen atoms in total. The van der Waals surface area contributed by atoms with Gasteiger partial charge in [-0.3, -0.25) is 4.99 Å². The van der Waals surface area contributed by atoms with Gasteiger partial charge in [-0.25, -0.2) is 0 Å². The number of aryl methyl sites for hydroxylation is 1. The van der Waals surface area contributed by atoms with Gasteiger partial charge < -0.3 is 24.3 Å². The van der Waals surface area contributed by atoms with Gasteiger partial charge in [0, 0.05) is 57.1 Å². The van der Waals surface area contributed by atoms with Gasteiger partial charge >= 0.3 is 0 Å². The molecule has 6 heteroatoms. The highest BCUT2D eigenvalue weighted by Crippen LogP contribution is 2.34. The van der Waals surface area contributed by atoms with E-state index in [2.05, 4.69) is 64.2 Å². The molecule has 1 aliphatic heterocycles. The van der Waals surface area contributed by atoms with Crippen molar-refractivity contribution in [3.63, 3.8) is 0 Å². The third-order valence-electron chi connectivity index (χ3n) is 4.76. The third-order valence-corrected chi connectivity index (χ3v) is 4.76. The SMILES string of the molecule is CN=C(NCc1cc2c(cc1OC)CC(C)O2)N(C)Cc1cccn1C. The molecule has 0 fully saturated rings. The van der Waals surface area contributed by atoms with E-state index in [0.717, 1.165) is 36.0 Å². The number of aliphatic imine (C=N–C) groups is 1. The fourth-order valence-corrected chi connectivity index (χ4v) is 3.35. The van der Waals surface area contributed by atoms with Crippen molar-refractivity contribution in [2.24, 2.45) is 12.0 Å². The summed E-state index contributed by atoms with van der Waals surface area (Å²) < 4.78 is 13.6. The molecule has 0 spiro atoms. The van der Waals surface area contributed by atoms with Gasteiger partial charge in [0.2, 0.25) is 0 Å². The minimum atomic E-state index is 0.224. The van der Waals surface area contributed by atoms with E-state index in [-0.39, 0.29) is 6.10 Å². The smallest absolute Gasteiger partial charge is 0.194 e. The number of methoxy groups -OCH3 is 1. The Kier molecular flexibility index (Phi) is 5.40. The molecule has 1 aliphatic rings. The highest BCUT2D eigenvalue weighted by atomic mass is 16.5. The number of guanidine groups is 1. The minimum Gasteiger partial charge on any atom is -0.496 e. The molecule has 1 aromatic heterocycles. The Bertz CT molecular complexity index is 797. The fourth-order valence-electron chi connectivity index (χ4n) is 3.35. The van der Waals surface area contributed by atoms with Gasteiger partial charge in [0.05, 0.1) is 13.7 Å². The lowest BCUT2D eigenvalue weighted by molar-refractivity contribution is 0.254. The summed E-state index contributed by atoms with van der Waals surface area (Å²) in [5.41, 5.74) is 3.50. The summed E-state index contributed by atoms with van der Waals surface area (Å²) in [7, 11) is 7.60. The van der Waals surface area contributed by atoms with Crippen LogP contribution in [0.25, 0.3) is 0 Å². The Morgan fingerprint density at radius 2 is 2.27 bits per heavy atom. The first-order chi connectivity index (χ1) is 12.5. The lowest BCUT2D eigenvalue weighted by atomic mass is 10.1. The quantitative estimate of drug-likeness (QED) is 0.661. The van der Waals surface area contributed by atoms with Crippen LogP contribution in [-0.2, 0) is 26.6 Å². The third kappa shape index (κ3) is 3.79. The Labute approximate surface area is 155 Å². The van der Waals surface area contributed by atoms with E-state index in [1.54, 1.807) is 14.2 Å². The summed E-state index contributed by atoms with van der Waals surface area (Å²) in [5, 5.41) is 3.43. The zero-order valence-electron chi connectivity index (χ0n) is 16.2. The number of ether oxygens (including phenoxy) is 2. The summed E-state index contributed by atoms with van der Waals surface area (Å²) >= 11 is 0. The highest BCUT2D eigenvalue weighted by molar-refractivity contribution is 5.79. The van der Waals surface area contributed by atoms with Crippen LogP contribution in [0.3, 0.4) is 0 Å². The maximum Gasteiger partial charge on any atom is 0.194 e. The first-order valence-corrected chi connectivity index (χ1v) is 8.90. The topological polar surface area (TPSA) is 51.0 Å². The summed E-state index contributed by atoms with van der Waals surface area (Å²) in [6, 6.07) is 8.34. The normalized spacial score (nSPS) is 16.2. The van der Waals surface area contributed by atoms with Crippen LogP contribution < -0.4 is 14.8 Å². The van der Waals surface area contributed by atoms with Crippen molar-refractivity contribution in [2.75, 3.05) is 21.2 Å². The second-order valence-electron chi connectivity index (χ2n) is 6.77. The van der Waals surface area contributed by atoms with Crippen LogP contribution in [0.15, 0.2) is 35.5 Å². The Morgan fingerprint density at radius 1 is 1.46 bits per heavy atom. The van der Waals surface area contributed by atoms with E-state index in [1.807, 2.05) is 7.05 Å². The Morgan fingerprint density at radius 3 is 2.92 bits per heavy atom. The standard InChI is InChI=1S/C20H28N4O2/c1-14-9-15-10-18(25-5)16(11-19(15)26-14)12-22-20(21-2)24(4)13-17-7-6-8-23(17)3/h6-8,10-11,14H,9,12-13H2,1-5H3,(H,21,22). The molecule has 1 atom stereocenters. The van der Waals surface area contributed by atoms with Crippen molar-refractivity contribution in [3.05, 3.63) is 47.3 Å². The average Bonchev–Trinajstić information content (AvgIpc) is 3.18. The van der Waals surface area contributed by atoms with E-state index in [1.165, 1.54) is 11.3 Å². The van der Waals surface area contributed by atoms with Crippen LogP contribution >= 0.6 is 0 Å². The van der Waals surface area contributed by atoms with Crippen molar-refractivity contribution in [1.29, 1.82) is 0 Å². The molecule has 0 bridgehead atoms. The molecule has 0 saturated carbocycles. The predicted molar refractivity (Wildman–Crippen MR) is 104 cm³/mol. The Balaban J connectivity index is 1.69. The number of fused-ring (bicyclic) bond motifs is 1. The molecular weight excluding hydrogens is 328 g/mol. The van der Waals surface area contributed by atoms with Crippen LogP contribution in [-0.4, -0.2) is 42.7 Å². The highest BCUT2D eigenvalue weighted by Gasteiger charge is 2.22. The lowest BCUT2D eigenvalue weighted by Gasteiger charge is -2.23. The summed E-state index contributed by atoms with van der Waals surface area (Å²) in [6.07, 6.45) is 3.21. The largest absolute Gasteiger partial charge is 0.496 e. The maximum absolute atomic E-state index is 5.88. The van der Waals surface area contributed by atoms with Crippen molar-refractivity contribution in [1.82, 2.24) is 14.8 Å². The molecule has 0 aliphatic carbocycles. The predicted octanol–water partition coefficient (Wildman–Crippen LogP) is 2.56. The van der Waals surface area contributed by atoms with E-state index >= 15 is 0 Å². The second kappa shape index (κ2) is 7.72. The zero-order chi connectivity index (χ0) is 18.7. The molecule has 0 saturated heterocycles. The number of rotatable bonds is 5. The van der Waals surface area contributed by atoms with Gasteiger partial charge in [-0.1, -0.05) is 0 Å². The van der Waals surface area contributed by atoms with Gasteiger partial charge in [-0.15, -0.1) is 0 Å². The number of benzene rings is 1. The average molecular weight is 356 g/mol. The molecule has 1 unspecified atom stereocenters. The zero-order valence-corrected chi connectivity index (χ0v) is 16.2. The van der Waals surface area contributed by atoms with E-state index in [0.29, 0.717) is 6.54 Å². The number of nitrogens with one attached hydrogen (secondary N) is 1. The van der Waals surface area contributed by atoms with Crippen LogP contribution in [0.1, 0.15) is 23.7 Å². The van der Waals surface area contributed by atoms with Gasteiger partial charge in [0.1, 0.15) is 17.6 Å². The molecule has 2 aromatic rings. The van der Waals surface area contributed by atoms with Gasteiger partial charge in [0.25, 0.3) is 0 Å². The van der Waals surface area contributed by atoms with Crippen molar-refractivity contribution in [2.45, 2.75) is 32.5 Å². The number of hydrogen-bond acceptors (Lipinski definition) is 3. The van der Waals surface area contributed by atoms with Crippen LogP contribution in [0.4, 0.5) is 0 Å². The summed E-state index contributed by atoms with van der Waals surface area (Å²) in [4.78, 5) is 6.51. The van der Waals surface area contributed by atoms with Crippen LogP contribution in [0, 0.1) is 0 Å². The molecular formula is C20H28N4O2. The van der Waals surface area contributed by atoms with Crippen LogP contribution in [0.2, 0.25) is 0 Å². The number of hydrogen-bond donors (Lipinski definition) is 1. The monoisotopic (exact) mass is 356 g/mol. The number of nitrogens with zero attached hydrogens (tertiary/aromatic N) is 3. The molecule has 0 amide bonds. The molecule has 26 heavy (non-hydrogen) atoms. The molecule has 140 valence electrons.